The summed E-state index contributed by atoms with van der Waals surface area (Å²) < 4.78 is 41.5. The lowest BCUT2D eigenvalue weighted by Crippen LogP contribution is -2.29. The van der Waals surface area contributed by atoms with Crippen molar-refractivity contribution < 1.29 is 22.7 Å². The van der Waals surface area contributed by atoms with Crippen LogP contribution in [0.3, 0.4) is 0 Å². The minimum Gasteiger partial charge on any atom is -0.462 e. The van der Waals surface area contributed by atoms with Gasteiger partial charge in [0.2, 0.25) is 0 Å². The molecule has 0 bridgehead atoms. The molecule has 0 aliphatic carbocycles. The molecular weight excluding hydrogens is 185 g/mol. The lowest BCUT2D eigenvalue weighted by molar-refractivity contribution is -0.142. The van der Waals surface area contributed by atoms with Crippen molar-refractivity contribution in [2.24, 2.45) is 0 Å². The van der Waals surface area contributed by atoms with Gasteiger partial charge in [0.1, 0.15) is 0 Å². The summed E-state index contributed by atoms with van der Waals surface area (Å²) in [6.07, 6.45) is -2.20. The van der Waals surface area contributed by atoms with Crippen LogP contribution in [0, 0.1) is 0 Å². The second kappa shape index (κ2) is 4.89. The SMILES string of the molecule is C=CC(=O)OCCC(F)(F)C(C)F. The summed E-state index contributed by atoms with van der Waals surface area (Å²) in [5.41, 5.74) is 0. The molecule has 2 nitrogen and oxygen atoms in total. The second-order valence-corrected chi connectivity index (χ2v) is 2.50. The van der Waals surface area contributed by atoms with Crippen LogP contribution in [-0.4, -0.2) is 24.7 Å². The van der Waals surface area contributed by atoms with E-state index in [1.807, 2.05) is 0 Å². The van der Waals surface area contributed by atoms with E-state index in [9.17, 15) is 18.0 Å². The molecule has 0 N–H and O–H groups in total. The molecular formula is C8H11F3O2. The molecule has 0 heterocycles. The Labute approximate surface area is 74.4 Å². The number of hydrogen-bond acceptors (Lipinski definition) is 2. The zero-order valence-electron chi connectivity index (χ0n) is 7.23. The number of carbonyl (C=O) groups excluding carboxylic acids is 1. The molecule has 0 aromatic rings. The maximum Gasteiger partial charge on any atom is 0.330 e. The topological polar surface area (TPSA) is 26.3 Å². The van der Waals surface area contributed by atoms with Crippen LogP contribution >= 0.6 is 0 Å². The zero-order chi connectivity index (χ0) is 10.5. The summed E-state index contributed by atoms with van der Waals surface area (Å²) in [6, 6.07) is 0. The molecule has 5 heteroatoms. The van der Waals surface area contributed by atoms with Gasteiger partial charge in [0, 0.05) is 12.5 Å². The first kappa shape index (κ1) is 12.0. The number of hydrogen-bond donors (Lipinski definition) is 0. The molecule has 0 aliphatic rings. The number of halogens is 3. The molecule has 0 rings (SSSR count). The molecule has 0 amide bonds. The Kier molecular flexibility index (Phi) is 4.51. The van der Waals surface area contributed by atoms with Gasteiger partial charge in [-0.1, -0.05) is 6.58 Å². The third kappa shape index (κ3) is 4.55. The summed E-state index contributed by atoms with van der Waals surface area (Å²) >= 11 is 0. The van der Waals surface area contributed by atoms with Gasteiger partial charge < -0.3 is 4.74 Å². The van der Waals surface area contributed by atoms with Crippen molar-refractivity contribution in [2.75, 3.05) is 6.61 Å². The van der Waals surface area contributed by atoms with Crippen LogP contribution in [0.25, 0.3) is 0 Å². The Balaban J connectivity index is 3.76. The molecule has 0 radical (unpaired) electrons. The minimum absolute atomic E-state index is 0.508. The summed E-state index contributed by atoms with van der Waals surface area (Å²) in [5.74, 6) is -4.23. The Hall–Kier alpha value is -1.00. The van der Waals surface area contributed by atoms with Gasteiger partial charge >= 0.3 is 5.97 Å². The quantitative estimate of drug-likeness (QED) is 0.497. The molecule has 0 saturated heterocycles. The van der Waals surface area contributed by atoms with Gasteiger partial charge in [-0.2, -0.15) is 0 Å². The lowest BCUT2D eigenvalue weighted by Gasteiger charge is -2.16. The Morgan fingerprint density at radius 1 is 1.69 bits per heavy atom. The van der Waals surface area contributed by atoms with E-state index in [-0.39, 0.29) is 0 Å². The third-order valence-electron chi connectivity index (χ3n) is 1.43. The lowest BCUT2D eigenvalue weighted by atomic mass is 10.2. The Bertz CT molecular complexity index is 190. The fourth-order valence-corrected chi connectivity index (χ4v) is 0.546. The molecule has 13 heavy (non-hydrogen) atoms. The summed E-state index contributed by atoms with van der Waals surface area (Å²) in [6.45, 7) is 3.33. The van der Waals surface area contributed by atoms with Crippen molar-refractivity contribution in [3.8, 4) is 0 Å². The van der Waals surface area contributed by atoms with Crippen LogP contribution in [0.4, 0.5) is 13.2 Å². The molecule has 0 fully saturated rings. The first-order valence-corrected chi connectivity index (χ1v) is 3.71. The summed E-state index contributed by atoms with van der Waals surface area (Å²) in [5, 5.41) is 0. The monoisotopic (exact) mass is 196 g/mol. The van der Waals surface area contributed by atoms with Crippen molar-refractivity contribution >= 4 is 5.97 Å². The van der Waals surface area contributed by atoms with E-state index in [1.165, 1.54) is 0 Å². The summed E-state index contributed by atoms with van der Waals surface area (Å²) in [7, 11) is 0. The van der Waals surface area contributed by atoms with Gasteiger partial charge in [0.15, 0.2) is 6.17 Å². The molecule has 0 saturated carbocycles. The number of rotatable bonds is 5. The molecule has 76 valence electrons. The standard InChI is InChI=1S/C8H11F3O2/c1-3-7(12)13-5-4-8(10,11)6(2)9/h3,6H,1,4-5H2,2H3. The first-order valence-electron chi connectivity index (χ1n) is 3.71. The number of alkyl halides is 3. The van der Waals surface area contributed by atoms with E-state index in [2.05, 4.69) is 11.3 Å². The molecule has 0 aromatic carbocycles. The highest BCUT2D eigenvalue weighted by molar-refractivity contribution is 5.81. The van der Waals surface area contributed by atoms with E-state index in [0.717, 1.165) is 13.0 Å². The van der Waals surface area contributed by atoms with Gasteiger partial charge in [0.25, 0.3) is 5.92 Å². The van der Waals surface area contributed by atoms with Gasteiger partial charge in [0.05, 0.1) is 6.61 Å². The first-order chi connectivity index (χ1) is 5.90. The minimum atomic E-state index is -3.44. The van der Waals surface area contributed by atoms with Gasteiger partial charge in [-0.25, -0.2) is 18.0 Å². The van der Waals surface area contributed by atoms with Crippen molar-refractivity contribution in [1.82, 2.24) is 0 Å². The van der Waals surface area contributed by atoms with Crippen molar-refractivity contribution in [2.45, 2.75) is 25.4 Å². The number of ether oxygens (including phenoxy) is 1. The molecule has 1 atom stereocenters. The maximum atomic E-state index is 12.5. The van der Waals surface area contributed by atoms with Crippen LogP contribution in [0.1, 0.15) is 13.3 Å². The Morgan fingerprint density at radius 2 is 2.23 bits per heavy atom. The Morgan fingerprint density at radius 3 is 2.62 bits per heavy atom. The average molecular weight is 196 g/mol. The van der Waals surface area contributed by atoms with Gasteiger partial charge in [-0.15, -0.1) is 0 Å². The molecule has 1 unspecified atom stereocenters. The van der Waals surface area contributed by atoms with E-state index in [0.29, 0.717) is 0 Å². The van der Waals surface area contributed by atoms with E-state index in [4.69, 9.17) is 0 Å². The number of esters is 1. The van der Waals surface area contributed by atoms with E-state index in [1.54, 1.807) is 0 Å². The average Bonchev–Trinajstić information content (AvgIpc) is 2.03. The van der Waals surface area contributed by atoms with Gasteiger partial charge in [-0.05, 0) is 6.92 Å². The van der Waals surface area contributed by atoms with E-state index >= 15 is 0 Å². The predicted octanol–water partition coefficient (Wildman–Crippen LogP) is 2.10. The normalized spacial score (nSPS) is 13.5. The predicted molar refractivity (Wildman–Crippen MR) is 41.3 cm³/mol. The van der Waals surface area contributed by atoms with Crippen LogP contribution in [-0.2, 0) is 9.53 Å². The maximum absolute atomic E-state index is 12.5. The van der Waals surface area contributed by atoms with Crippen LogP contribution in [0.2, 0.25) is 0 Å². The summed E-state index contributed by atoms with van der Waals surface area (Å²) in [4.78, 5) is 10.4. The fourth-order valence-electron chi connectivity index (χ4n) is 0.546. The van der Waals surface area contributed by atoms with Crippen molar-refractivity contribution in [3.05, 3.63) is 12.7 Å². The third-order valence-corrected chi connectivity index (χ3v) is 1.43. The highest BCUT2D eigenvalue weighted by Crippen LogP contribution is 2.24. The fraction of sp³-hybridized carbons (Fsp3) is 0.625. The van der Waals surface area contributed by atoms with Gasteiger partial charge in [-0.3, -0.25) is 0 Å². The van der Waals surface area contributed by atoms with Crippen LogP contribution in [0.15, 0.2) is 12.7 Å². The smallest absolute Gasteiger partial charge is 0.330 e. The largest absolute Gasteiger partial charge is 0.462 e. The number of carbonyl (C=O) groups is 1. The van der Waals surface area contributed by atoms with Crippen LogP contribution < -0.4 is 0 Å². The van der Waals surface area contributed by atoms with E-state index < -0.39 is 31.1 Å². The second-order valence-electron chi connectivity index (χ2n) is 2.50. The van der Waals surface area contributed by atoms with Crippen molar-refractivity contribution in [3.63, 3.8) is 0 Å². The van der Waals surface area contributed by atoms with Crippen molar-refractivity contribution in [1.29, 1.82) is 0 Å². The highest BCUT2D eigenvalue weighted by Gasteiger charge is 2.36. The zero-order valence-corrected chi connectivity index (χ0v) is 7.23. The van der Waals surface area contributed by atoms with Crippen LogP contribution in [0.5, 0.6) is 0 Å². The molecule has 0 aromatic heterocycles. The molecule has 0 spiro atoms. The molecule has 0 aliphatic heterocycles. The highest BCUT2D eigenvalue weighted by atomic mass is 19.3.